The van der Waals surface area contributed by atoms with Gasteiger partial charge in [-0.25, -0.2) is 0 Å². The van der Waals surface area contributed by atoms with Crippen LogP contribution < -0.4 is 5.32 Å². The summed E-state index contributed by atoms with van der Waals surface area (Å²) in [4.78, 5) is 10.7. The lowest BCUT2D eigenvalue weighted by Gasteiger charge is -2.03. The molecule has 54 valence electrons. The van der Waals surface area contributed by atoms with Crippen LogP contribution in [0, 0.1) is 0 Å². The van der Waals surface area contributed by atoms with E-state index in [1.165, 1.54) is 0 Å². The first kappa shape index (κ1) is 7.10. The minimum absolute atomic E-state index is 0.169. The predicted molar refractivity (Wildman–Crippen MR) is 39.5 cm³/mol. The molecule has 1 aliphatic heterocycles. The number of rotatable bonds is 2. The van der Waals surface area contributed by atoms with Crippen molar-refractivity contribution in [3.63, 3.8) is 0 Å². The Morgan fingerprint density at radius 2 is 2.70 bits per heavy atom. The number of carbonyl (C=O) groups is 1. The zero-order valence-corrected chi connectivity index (χ0v) is 5.89. The molecule has 1 atom stereocenters. The molecule has 1 aliphatic rings. The van der Waals surface area contributed by atoms with Crippen molar-refractivity contribution in [2.75, 3.05) is 0 Å². The van der Waals surface area contributed by atoms with Crippen LogP contribution in [0.1, 0.15) is 19.3 Å². The van der Waals surface area contributed by atoms with Crippen molar-refractivity contribution in [3.05, 3.63) is 18.4 Å². The molecule has 0 radical (unpaired) electrons. The second-order valence-corrected chi connectivity index (χ2v) is 2.45. The van der Waals surface area contributed by atoms with Crippen LogP contribution >= 0.6 is 0 Å². The lowest BCUT2D eigenvalue weighted by Crippen LogP contribution is -2.24. The molecule has 0 aromatic rings. The Labute approximate surface area is 60.6 Å². The van der Waals surface area contributed by atoms with E-state index < -0.39 is 0 Å². The third-order valence-corrected chi connectivity index (χ3v) is 1.63. The average molecular weight is 137 g/mol. The maximum absolute atomic E-state index is 10.7. The molecule has 0 saturated carbocycles. The molecule has 0 aromatic carbocycles. The van der Waals surface area contributed by atoms with E-state index in [1.54, 1.807) is 0 Å². The van der Waals surface area contributed by atoms with Gasteiger partial charge in [-0.1, -0.05) is 6.58 Å². The van der Waals surface area contributed by atoms with Crippen molar-refractivity contribution < 1.29 is 4.79 Å². The van der Waals surface area contributed by atoms with Gasteiger partial charge in [0.2, 0.25) is 5.91 Å². The molecule has 0 aromatic heterocycles. The summed E-state index contributed by atoms with van der Waals surface area (Å²) in [6.45, 7) is 3.45. The Bertz CT molecular complexity index is 180. The fourth-order valence-corrected chi connectivity index (χ4v) is 1.08. The smallest absolute Gasteiger partial charge is 0.220 e. The standard InChI is InChI=1S/C8H11NO/c1-2-3-4-7-5-6-8(10)9-7/h3,7H,1,4-6H2,(H,9,10). The summed E-state index contributed by atoms with van der Waals surface area (Å²) in [5, 5.41) is 2.85. The molecule has 1 fully saturated rings. The van der Waals surface area contributed by atoms with Crippen molar-refractivity contribution in [2.45, 2.75) is 25.3 Å². The molecule has 1 heterocycles. The van der Waals surface area contributed by atoms with Crippen LogP contribution in [0.15, 0.2) is 18.4 Å². The molecule has 1 amide bonds. The average Bonchev–Trinajstić information content (AvgIpc) is 2.31. The number of nitrogens with one attached hydrogen (secondary N) is 1. The topological polar surface area (TPSA) is 29.1 Å². The number of carbonyl (C=O) groups excluding carboxylic acids is 1. The number of hydrogen-bond acceptors (Lipinski definition) is 1. The van der Waals surface area contributed by atoms with Gasteiger partial charge in [0.15, 0.2) is 0 Å². The molecule has 1 rings (SSSR count). The quantitative estimate of drug-likeness (QED) is 0.565. The molecule has 2 nitrogen and oxygen atoms in total. The zero-order valence-electron chi connectivity index (χ0n) is 5.89. The van der Waals surface area contributed by atoms with Gasteiger partial charge in [-0.2, -0.15) is 0 Å². The van der Waals surface area contributed by atoms with Crippen molar-refractivity contribution in [3.8, 4) is 0 Å². The fourth-order valence-electron chi connectivity index (χ4n) is 1.08. The van der Waals surface area contributed by atoms with E-state index in [1.807, 2.05) is 6.08 Å². The fraction of sp³-hybridized carbons (Fsp3) is 0.500. The summed E-state index contributed by atoms with van der Waals surface area (Å²) in [5.41, 5.74) is 2.68. The minimum Gasteiger partial charge on any atom is -0.353 e. The number of hydrogen-bond donors (Lipinski definition) is 1. The Hall–Kier alpha value is -1.01. The summed E-state index contributed by atoms with van der Waals surface area (Å²) in [6.07, 6.45) is 4.36. The Kier molecular flexibility index (Phi) is 2.30. The molecular weight excluding hydrogens is 126 g/mol. The van der Waals surface area contributed by atoms with Crippen LogP contribution in [0.25, 0.3) is 0 Å². The third-order valence-electron chi connectivity index (χ3n) is 1.63. The van der Waals surface area contributed by atoms with Crippen molar-refractivity contribution in [1.82, 2.24) is 5.32 Å². The summed E-state index contributed by atoms with van der Waals surface area (Å²) < 4.78 is 0. The Balaban J connectivity index is 2.31. The van der Waals surface area contributed by atoms with E-state index in [9.17, 15) is 4.79 Å². The normalized spacial score (nSPS) is 23.6. The molecule has 10 heavy (non-hydrogen) atoms. The second kappa shape index (κ2) is 3.23. The van der Waals surface area contributed by atoms with Crippen molar-refractivity contribution in [2.24, 2.45) is 0 Å². The first-order valence-electron chi connectivity index (χ1n) is 3.46. The molecule has 0 aliphatic carbocycles. The maximum atomic E-state index is 10.7. The van der Waals surface area contributed by atoms with E-state index in [0.29, 0.717) is 12.5 Å². The van der Waals surface area contributed by atoms with Gasteiger partial charge in [0.05, 0.1) is 0 Å². The summed E-state index contributed by atoms with van der Waals surface area (Å²) in [7, 11) is 0. The van der Waals surface area contributed by atoms with Gasteiger partial charge in [0.1, 0.15) is 0 Å². The molecule has 1 saturated heterocycles. The maximum Gasteiger partial charge on any atom is 0.220 e. The highest BCUT2D eigenvalue weighted by Gasteiger charge is 2.18. The van der Waals surface area contributed by atoms with Crippen LogP contribution in [-0.2, 0) is 4.79 Å². The minimum atomic E-state index is 0.169. The van der Waals surface area contributed by atoms with Gasteiger partial charge in [-0.3, -0.25) is 4.79 Å². The Morgan fingerprint density at radius 3 is 3.20 bits per heavy atom. The highest BCUT2D eigenvalue weighted by atomic mass is 16.1. The Morgan fingerprint density at radius 1 is 1.90 bits per heavy atom. The highest BCUT2D eigenvalue weighted by Crippen LogP contribution is 2.09. The molecular formula is C8H11NO. The van der Waals surface area contributed by atoms with E-state index in [0.717, 1.165) is 12.8 Å². The summed E-state index contributed by atoms with van der Waals surface area (Å²) >= 11 is 0. The van der Waals surface area contributed by atoms with Crippen LogP contribution in [0.5, 0.6) is 0 Å². The summed E-state index contributed by atoms with van der Waals surface area (Å²) in [6, 6.07) is 0.335. The van der Waals surface area contributed by atoms with Gasteiger partial charge in [0, 0.05) is 12.5 Å². The van der Waals surface area contributed by atoms with Crippen molar-refractivity contribution in [1.29, 1.82) is 0 Å². The van der Waals surface area contributed by atoms with E-state index in [-0.39, 0.29) is 5.91 Å². The van der Waals surface area contributed by atoms with Gasteiger partial charge in [-0.15, -0.1) is 5.73 Å². The van der Waals surface area contributed by atoms with Gasteiger partial charge >= 0.3 is 0 Å². The number of amides is 1. The van der Waals surface area contributed by atoms with Gasteiger partial charge in [0.25, 0.3) is 0 Å². The van der Waals surface area contributed by atoms with Gasteiger partial charge in [-0.05, 0) is 18.9 Å². The van der Waals surface area contributed by atoms with Crippen LogP contribution in [0.2, 0.25) is 0 Å². The highest BCUT2D eigenvalue weighted by molar-refractivity contribution is 5.78. The SMILES string of the molecule is C=C=CCC1CCC(=O)N1. The summed E-state index contributed by atoms with van der Waals surface area (Å²) in [5.74, 6) is 0.169. The second-order valence-electron chi connectivity index (χ2n) is 2.45. The largest absolute Gasteiger partial charge is 0.353 e. The first-order chi connectivity index (χ1) is 4.83. The van der Waals surface area contributed by atoms with Crippen LogP contribution in [-0.4, -0.2) is 11.9 Å². The molecule has 2 heteroatoms. The molecule has 1 N–H and O–H groups in total. The van der Waals surface area contributed by atoms with E-state index in [4.69, 9.17) is 0 Å². The molecule has 1 unspecified atom stereocenters. The molecule has 0 spiro atoms. The van der Waals surface area contributed by atoms with Gasteiger partial charge < -0.3 is 5.32 Å². The lowest BCUT2D eigenvalue weighted by molar-refractivity contribution is -0.119. The predicted octanol–water partition coefficient (Wildman–Crippen LogP) is 0.996. The third kappa shape index (κ3) is 1.74. The van der Waals surface area contributed by atoms with Crippen LogP contribution in [0.3, 0.4) is 0 Å². The molecule has 0 bridgehead atoms. The lowest BCUT2D eigenvalue weighted by atomic mass is 10.1. The van der Waals surface area contributed by atoms with Crippen LogP contribution in [0.4, 0.5) is 0 Å². The van der Waals surface area contributed by atoms with Crippen molar-refractivity contribution >= 4 is 5.91 Å². The van der Waals surface area contributed by atoms with E-state index in [2.05, 4.69) is 17.6 Å². The monoisotopic (exact) mass is 137 g/mol. The first-order valence-corrected chi connectivity index (χ1v) is 3.46. The zero-order chi connectivity index (χ0) is 7.40. The van der Waals surface area contributed by atoms with E-state index >= 15 is 0 Å².